The van der Waals surface area contributed by atoms with Gasteiger partial charge in [0, 0.05) is 5.69 Å². The van der Waals surface area contributed by atoms with Gasteiger partial charge in [0.1, 0.15) is 11.3 Å². The van der Waals surface area contributed by atoms with Crippen LogP contribution in [-0.2, 0) is 16.2 Å². The first-order chi connectivity index (χ1) is 14.5. The highest BCUT2D eigenvalue weighted by Gasteiger charge is 2.35. The maximum absolute atomic E-state index is 13.6. The number of alkyl halides is 3. The quantitative estimate of drug-likeness (QED) is 0.607. The number of carbonyl (C=O) groups is 1. The summed E-state index contributed by atoms with van der Waals surface area (Å²) in [6.45, 7) is 1.46. The van der Waals surface area contributed by atoms with Crippen LogP contribution in [0.4, 0.5) is 24.5 Å². The molecule has 1 amide bonds. The fourth-order valence-electron chi connectivity index (χ4n) is 2.57. The van der Waals surface area contributed by atoms with E-state index in [1.807, 2.05) is 10.8 Å². The van der Waals surface area contributed by atoms with Crippen molar-refractivity contribution in [1.29, 1.82) is 5.26 Å². The third-order valence-corrected chi connectivity index (χ3v) is 5.50. The molecule has 0 unspecified atom stereocenters. The molecule has 0 fully saturated rings. The number of nitrogens with one attached hydrogen (secondary N) is 2. The van der Waals surface area contributed by atoms with Crippen LogP contribution < -0.4 is 10.0 Å². The van der Waals surface area contributed by atoms with E-state index in [1.54, 1.807) is 0 Å². The molecule has 8 nitrogen and oxygen atoms in total. The van der Waals surface area contributed by atoms with Crippen molar-refractivity contribution in [3.05, 3.63) is 71.1 Å². The maximum Gasteiger partial charge on any atom is 0.418 e. The Balaban J connectivity index is 1.92. The first kappa shape index (κ1) is 21.8. The van der Waals surface area contributed by atoms with Gasteiger partial charge in [-0.05, 0) is 49.4 Å². The number of anilines is 2. The second kappa shape index (κ2) is 8.11. The van der Waals surface area contributed by atoms with Crippen molar-refractivity contribution >= 4 is 27.3 Å². The standard InChI is InChI=1S/C19H13F3N4O4S/c1-11-15(10-24-30-11)18(27)25-13-4-7-17(16(8-13)19(20,21)22)26-31(28,29)14-5-2-12(9-23)3-6-14/h2-8,10,26H,1H3,(H,25,27). The molecule has 2 N–H and O–H groups in total. The minimum atomic E-state index is -4.92. The van der Waals surface area contributed by atoms with Crippen LogP contribution in [-0.4, -0.2) is 19.5 Å². The van der Waals surface area contributed by atoms with E-state index in [1.165, 1.54) is 19.1 Å². The number of sulfonamides is 1. The summed E-state index contributed by atoms with van der Waals surface area (Å²) in [6, 6.07) is 9.08. The lowest BCUT2D eigenvalue weighted by molar-refractivity contribution is -0.136. The zero-order valence-electron chi connectivity index (χ0n) is 15.7. The average molecular weight is 450 g/mol. The van der Waals surface area contributed by atoms with Crippen molar-refractivity contribution in [1.82, 2.24) is 5.16 Å². The molecule has 0 bridgehead atoms. The number of rotatable bonds is 5. The topological polar surface area (TPSA) is 125 Å². The van der Waals surface area contributed by atoms with Gasteiger partial charge in [0.05, 0.1) is 34.0 Å². The lowest BCUT2D eigenvalue weighted by atomic mass is 10.1. The Kier molecular flexibility index (Phi) is 5.72. The monoisotopic (exact) mass is 450 g/mol. The number of amides is 1. The SMILES string of the molecule is Cc1oncc1C(=O)Nc1ccc(NS(=O)(=O)c2ccc(C#N)cc2)c(C(F)(F)F)c1. The normalized spacial score (nSPS) is 11.6. The number of aromatic nitrogens is 1. The Bertz CT molecular complexity index is 1280. The number of aryl methyl sites for hydroxylation is 1. The zero-order chi connectivity index (χ0) is 22.8. The highest BCUT2D eigenvalue weighted by Crippen LogP contribution is 2.37. The van der Waals surface area contributed by atoms with E-state index in [9.17, 15) is 26.4 Å². The number of carbonyl (C=O) groups excluding carboxylic acids is 1. The van der Waals surface area contributed by atoms with Gasteiger partial charge < -0.3 is 9.84 Å². The molecular weight excluding hydrogens is 437 g/mol. The van der Waals surface area contributed by atoms with Crippen molar-refractivity contribution in [2.24, 2.45) is 0 Å². The molecule has 0 aliphatic rings. The van der Waals surface area contributed by atoms with Crippen molar-refractivity contribution < 1.29 is 30.9 Å². The van der Waals surface area contributed by atoms with Crippen molar-refractivity contribution in [3.8, 4) is 6.07 Å². The molecule has 0 aliphatic carbocycles. The van der Waals surface area contributed by atoms with E-state index in [0.29, 0.717) is 6.07 Å². The first-order valence-corrected chi connectivity index (χ1v) is 9.96. The molecule has 1 heterocycles. The molecule has 1 aromatic heterocycles. The summed E-state index contributed by atoms with van der Waals surface area (Å²) in [6.07, 6.45) is -3.80. The molecule has 0 saturated heterocycles. The third-order valence-electron chi connectivity index (χ3n) is 4.12. The molecule has 0 radical (unpaired) electrons. The summed E-state index contributed by atoms with van der Waals surface area (Å²) in [7, 11) is -4.37. The van der Waals surface area contributed by atoms with Crippen molar-refractivity contribution in [3.63, 3.8) is 0 Å². The van der Waals surface area contributed by atoms with Gasteiger partial charge in [0.2, 0.25) is 0 Å². The maximum atomic E-state index is 13.6. The molecule has 31 heavy (non-hydrogen) atoms. The molecule has 0 saturated carbocycles. The van der Waals surface area contributed by atoms with Gasteiger partial charge in [-0.25, -0.2) is 8.42 Å². The van der Waals surface area contributed by atoms with Crippen LogP contribution in [0, 0.1) is 18.3 Å². The molecule has 3 rings (SSSR count). The summed E-state index contributed by atoms with van der Waals surface area (Å²) in [5.41, 5.74) is -2.00. The Morgan fingerprint density at radius 2 is 1.84 bits per heavy atom. The van der Waals surface area contributed by atoms with Gasteiger partial charge in [-0.2, -0.15) is 18.4 Å². The third kappa shape index (κ3) is 4.84. The Morgan fingerprint density at radius 3 is 2.39 bits per heavy atom. The number of halogens is 3. The van der Waals surface area contributed by atoms with Crippen molar-refractivity contribution in [2.75, 3.05) is 10.0 Å². The van der Waals surface area contributed by atoms with Crippen LogP contribution in [0.25, 0.3) is 0 Å². The molecule has 0 spiro atoms. The minimum Gasteiger partial charge on any atom is -0.361 e. The number of nitriles is 1. The van der Waals surface area contributed by atoms with Crippen LogP contribution in [0.1, 0.15) is 27.2 Å². The number of benzene rings is 2. The second-order valence-electron chi connectivity index (χ2n) is 6.25. The molecule has 2 aromatic carbocycles. The Hall–Kier alpha value is -3.85. The molecular formula is C19H13F3N4O4S. The Labute approximate surface area is 174 Å². The molecule has 3 aromatic rings. The summed E-state index contributed by atoms with van der Waals surface area (Å²) in [5.74, 6) is -0.557. The number of hydrogen-bond donors (Lipinski definition) is 2. The van der Waals surface area contributed by atoms with Gasteiger partial charge in [0.15, 0.2) is 0 Å². The van der Waals surface area contributed by atoms with Crippen LogP contribution in [0.5, 0.6) is 0 Å². The van der Waals surface area contributed by atoms with Gasteiger partial charge in [-0.1, -0.05) is 5.16 Å². The molecule has 0 aliphatic heterocycles. The number of hydrogen-bond acceptors (Lipinski definition) is 6. The largest absolute Gasteiger partial charge is 0.418 e. The highest BCUT2D eigenvalue weighted by atomic mass is 32.2. The van der Waals surface area contributed by atoms with E-state index < -0.39 is 33.4 Å². The minimum absolute atomic E-state index is 0.0409. The van der Waals surface area contributed by atoms with Gasteiger partial charge in [-0.15, -0.1) is 0 Å². The van der Waals surface area contributed by atoms with Crippen LogP contribution in [0.2, 0.25) is 0 Å². The van der Waals surface area contributed by atoms with Crippen LogP contribution >= 0.6 is 0 Å². The summed E-state index contributed by atoms with van der Waals surface area (Å²) in [4.78, 5) is 11.9. The predicted molar refractivity (Wildman–Crippen MR) is 103 cm³/mol. The van der Waals surface area contributed by atoms with Gasteiger partial charge >= 0.3 is 6.18 Å². The van der Waals surface area contributed by atoms with Crippen LogP contribution in [0.15, 0.2) is 58.1 Å². The number of nitrogens with zero attached hydrogens (tertiary/aromatic N) is 2. The smallest absolute Gasteiger partial charge is 0.361 e. The van der Waals surface area contributed by atoms with Gasteiger partial charge in [-0.3, -0.25) is 9.52 Å². The predicted octanol–water partition coefficient (Wildman–Crippen LogP) is 3.93. The zero-order valence-corrected chi connectivity index (χ0v) is 16.5. The van der Waals surface area contributed by atoms with Gasteiger partial charge in [0.25, 0.3) is 15.9 Å². The fraction of sp³-hybridized carbons (Fsp3) is 0.105. The molecule has 160 valence electrons. The lowest BCUT2D eigenvalue weighted by Crippen LogP contribution is -2.18. The van der Waals surface area contributed by atoms with Crippen molar-refractivity contribution in [2.45, 2.75) is 18.0 Å². The van der Waals surface area contributed by atoms with E-state index in [0.717, 1.165) is 30.5 Å². The van der Waals surface area contributed by atoms with E-state index in [-0.39, 0.29) is 27.5 Å². The Morgan fingerprint density at radius 1 is 1.16 bits per heavy atom. The van der Waals surface area contributed by atoms with Crippen LogP contribution in [0.3, 0.4) is 0 Å². The summed E-state index contributed by atoms with van der Waals surface area (Å²) >= 11 is 0. The molecule has 0 atom stereocenters. The molecule has 12 heteroatoms. The average Bonchev–Trinajstić information content (AvgIpc) is 3.14. The first-order valence-electron chi connectivity index (χ1n) is 8.48. The van der Waals surface area contributed by atoms with E-state index >= 15 is 0 Å². The summed E-state index contributed by atoms with van der Waals surface area (Å²) in [5, 5.41) is 14.5. The lowest BCUT2D eigenvalue weighted by Gasteiger charge is -2.16. The second-order valence-corrected chi connectivity index (χ2v) is 7.93. The highest BCUT2D eigenvalue weighted by molar-refractivity contribution is 7.92. The van der Waals surface area contributed by atoms with E-state index in [2.05, 4.69) is 10.5 Å². The summed E-state index contributed by atoms with van der Waals surface area (Å²) < 4.78 is 72.3. The van der Waals surface area contributed by atoms with E-state index in [4.69, 9.17) is 9.78 Å². The fourth-order valence-corrected chi connectivity index (χ4v) is 3.65.